The molecule has 2 aromatic rings. The van der Waals surface area contributed by atoms with Crippen molar-refractivity contribution in [2.75, 3.05) is 38.2 Å². The highest BCUT2D eigenvalue weighted by Crippen LogP contribution is 2.23. The van der Waals surface area contributed by atoms with Crippen molar-refractivity contribution in [2.45, 2.75) is 0 Å². The molecule has 0 aliphatic carbocycles. The number of nitrogens with one attached hydrogen (secondary N) is 2. The Morgan fingerprint density at radius 3 is 3.05 bits per heavy atom. The van der Waals surface area contributed by atoms with Crippen molar-refractivity contribution < 1.29 is 9.53 Å². The molecule has 0 atom stereocenters. The number of thiazole rings is 1. The number of H-pyrrole nitrogens is 1. The van der Waals surface area contributed by atoms with Crippen molar-refractivity contribution in [1.29, 1.82) is 0 Å². The smallest absolute Gasteiger partial charge is 0.238 e. The number of nitrogens with zero attached hydrogens (tertiary/aromatic N) is 1. The second-order valence-corrected chi connectivity index (χ2v) is 6.38. The summed E-state index contributed by atoms with van der Waals surface area (Å²) in [5.41, 5.74) is 1.81. The third kappa shape index (κ3) is 3.24. The van der Waals surface area contributed by atoms with Crippen LogP contribution in [0.1, 0.15) is 0 Å². The SMILES string of the molecule is O=C(CN1CCOCC1)Nc1ccc2[nH]c(=S)sc2c1. The summed E-state index contributed by atoms with van der Waals surface area (Å²) in [4.78, 5) is 17.2. The fourth-order valence-electron chi connectivity index (χ4n) is 2.19. The van der Waals surface area contributed by atoms with E-state index >= 15 is 0 Å². The molecule has 1 aliphatic rings. The van der Waals surface area contributed by atoms with Crippen LogP contribution in [-0.2, 0) is 9.53 Å². The van der Waals surface area contributed by atoms with Crippen LogP contribution in [0.25, 0.3) is 10.2 Å². The van der Waals surface area contributed by atoms with Crippen molar-refractivity contribution in [1.82, 2.24) is 9.88 Å². The minimum Gasteiger partial charge on any atom is -0.379 e. The molecule has 0 unspecified atom stereocenters. The van der Waals surface area contributed by atoms with Crippen LogP contribution in [0, 0.1) is 3.95 Å². The lowest BCUT2D eigenvalue weighted by Crippen LogP contribution is -2.41. The van der Waals surface area contributed by atoms with Gasteiger partial charge >= 0.3 is 0 Å². The molecule has 1 amide bonds. The summed E-state index contributed by atoms with van der Waals surface area (Å²) in [6, 6.07) is 5.77. The van der Waals surface area contributed by atoms with Gasteiger partial charge < -0.3 is 15.0 Å². The first-order valence-electron chi connectivity index (χ1n) is 6.43. The number of hydrogen-bond acceptors (Lipinski definition) is 5. The molecule has 1 aliphatic heterocycles. The number of aromatic nitrogens is 1. The Bertz CT molecular complexity index is 674. The number of amides is 1. The first-order valence-corrected chi connectivity index (χ1v) is 7.66. The second kappa shape index (κ2) is 6.01. The minimum atomic E-state index is 0.00498. The number of aromatic amines is 1. The zero-order valence-corrected chi connectivity index (χ0v) is 12.5. The molecule has 1 aromatic heterocycles. The highest BCUT2D eigenvalue weighted by molar-refractivity contribution is 7.73. The molecule has 1 saturated heterocycles. The molecule has 2 heterocycles. The molecule has 1 aromatic carbocycles. The Morgan fingerprint density at radius 1 is 1.45 bits per heavy atom. The third-order valence-electron chi connectivity index (χ3n) is 3.18. The number of carbonyl (C=O) groups is 1. The number of rotatable bonds is 3. The average molecular weight is 309 g/mol. The van der Waals surface area contributed by atoms with E-state index in [4.69, 9.17) is 17.0 Å². The highest BCUT2D eigenvalue weighted by Gasteiger charge is 2.14. The number of morpholine rings is 1. The molecule has 106 valence electrons. The highest BCUT2D eigenvalue weighted by atomic mass is 32.1. The van der Waals surface area contributed by atoms with Gasteiger partial charge in [-0.15, -0.1) is 11.3 Å². The topological polar surface area (TPSA) is 57.4 Å². The lowest BCUT2D eigenvalue weighted by Gasteiger charge is -2.25. The summed E-state index contributed by atoms with van der Waals surface area (Å²) < 4.78 is 7.07. The Kier molecular flexibility index (Phi) is 4.11. The fourth-order valence-corrected chi connectivity index (χ4v) is 3.34. The molecule has 0 spiro atoms. The lowest BCUT2D eigenvalue weighted by molar-refractivity contribution is -0.118. The van der Waals surface area contributed by atoms with Gasteiger partial charge in [0.25, 0.3) is 0 Å². The number of anilines is 1. The maximum Gasteiger partial charge on any atom is 0.238 e. The third-order valence-corrected chi connectivity index (χ3v) is 4.37. The summed E-state index contributed by atoms with van der Waals surface area (Å²) in [6.45, 7) is 3.43. The lowest BCUT2D eigenvalue weighted by atomic mass is 10.3. The van der Waals surface area contributed by atoms with E-state index in [9.17, 15) is 4.79 Å². The fraction of sp³-hybridized carbons (Fsp3) is 0.385. The Morgan fingerprint density at radius 2 is 2.25 bits per heavy atom. The Balaban J connectivity index is 1.65. The van der Waals surface area contributed by atoms with Gasteiger partial charge in [0.05, 0.1) is 30.0 Å². The van der Waals surface area contributed by atoms with Gasteiger partial charge in [-0.05, 0) is 30.4 Å². The number of hydrogen-bond donors (Lipinski definition) is 2. The molecule has 0 radical (unpaired) electrons. The van der Waals surface area contributed by atoms with Gasteiger partial charge in [-0.25, -0.2) is 0 Å². The van der Waals surface area contributed by atoms with E-state index in [0.29, 0.717) is 19.8 Å². The van der Waals surface area contributed by atoms with Crippen molar-refractivity contribution in [2.24, 2.45) is 0 Å². The van der Waals surface area contributed by atoms with Gasteiger partial charge in [0.1, 0.15) is 0 Å². The monoisotopic (exact) mass is 309 g/mol. The van der Waals surface area contributed by atoms with Gasteiger partial charge in [0.15, 0.2) is 3.95 Å². The van der Waals surface area contributed by atoms with Crippen molar-refractivity contribution in [3.05, 3.63) is 22.2 Å². The van der Waals surface area contributed by atoms with Crippen LogP contribution in [0.5, 0.6) is 0 Å². The van der Waals surface area contributed by atoms with Gasteiger partial charge in [0.2, 0.25) is 5.91 Å². The van der Waals surface area contributed by atoms with E-state index in [2.05, 4.69) is 15.2 Å². The normalized spacial score (nSPS) is 16.4. The molecule has 5 nitrogen and oxygen atoms in total. The van der Waals surface area contributed by atoms with Crippen LogP contribution in [0.2, 0.25) is 0 Å². The van der Waals surface area contributed by atoms with E-state index in [0.717, 1.165) is 32.9 Å². The summed E-state index contributed by atoms with van der Waals surface area (Å²) >= 11 is 6.62. The molecule has 1 fully saturated rings. The van der Waals surface area contributed by atoms with E-state index in [1.807, 2.05) is 18.2 Å². The minimum absolute atomic E-state index is 0.00498. The molecule has 3 rings (SSSR count). The molecule has 0 bridgehead atoms. The summed E-state index contributed by atoms with van der Waals surface area (Å²) in [5.74, 6) is 0.00498. The van der Waals surface area contributed by atoms with Crippen LogP contribution < -0.4 is 5.32 Å². The average Bonchev–Trinajstić information content (AvgIpc) is 2.79. The van der Waals surface area contributed by atoms with Crippen LogP contribution in [0.3, 0.4) is 0 Å². The van der Waals surface area contributed by atoms with Gasteiger partial charge in [-0.3, -0.25) is 9.69 Å². The van der Waals surface area contributed by atoms with E-state index < -0.39 is 0 Å². The summed E-state index contributed by atoms with van der Waals surface area (Å²) in [7, 11) is 0. The molecule has 0 saturated carbocycles. The summed E-state index contributed by atoms with van der Waals surface area (Å²) in [5, 5.41) is 2.93. The van der Waals surface area contributed by atoms with Gasteiger partial charge in [0, 0.05) is 18.8 Å². The standard InChI is InChI=1S/C13H15N3O2S2/c17-12(8-16-3-5-18-6-4-16)14-9-1-2-10-11(7-9)20-13(19)15-10/h1-2,7H,3-6,8H2,(H,14,17)(H,15,19). The first-order chi connectivity index (χ1) is 9.70. The number of ether oxygens (including phenoxy) is 1. The Labute approximate surface area is 125 Å². The van der Waals surface area contributed by atoms with Gasteiger partial charge in [-0.1, -0.05) is 0 Å². The molecular weight excluding hydrogens is 294 g/mol. The van der Waals surface area contributed by atoms with Crippen LogP contribution in [-0.4, -0.2) is 48.6 Å². The second-order valence-electron chi connectivity index (χ2n) is 4.66. The van der Waals surface area contributed by atoms with Crippen LogP contribution in [0.4, 0.5) is 5.69 Å². The number of carbonyl (C=O) groups excluding carboxylic acids is 1. The number of benzene rings is 1. The Hall–Kier alpha value is -1.28. The largest absolute Gasteiger partial charge is 0.379 e. The van der Waals surface area contributed by atoms with Crippen molar-refractivity contribution in [3.63, 3.8) is 0 Å². The maximum atomic E-state index is 12.0. The predicted molar refractivity (Wildman–Crippen MR) is 82.9 cm³/mol. The van der Waals surface area contributed by atoms with Crippen molar-refractivity contribution >= 4 is 45.4 Å². The van der Waals surface area contributed by atoms with Crippen LogP contribution in [0.15, 0.2) is 18.2 Å². The van der Waals surface area contributed by atoms with E-state index in [1.54, 1.807) is 0 Å². The molecular formula is C13H15N3O2S2. The summed E-state index contributed by atoms with van der Waals surface area (Å²) in [6.07, 6.45) is 0. The number of fused-ring (bicyclic) bond motifs is 1. The maximum absolute atomic E-state index is 12.0. The van der Waals surface area contributed by atoms with E-state index in [1.165, 1.54) is 11.3 Å². The zero-order valence-electron chi connectivity index (χ0n) is 10.8. The molecule has 7 heteroatoms. The quantitative estimate of drug-likeness (QED) is 0.854. The van der Waals surface area contributed by atoms with Crippen molar-refractivity contribution in [3.8, 4) is 0 Å². The van der Waals surface area contributed by atoms with E-state index in [-0.39, 0.29) is 5.91 Å². The predicted octanol–water partition coefficient (Wildman–Crippen LogP) is 2.23. The molecule has 20 heavy (non-hydrogen) atoms. The van der Waals surface area contributed by atoms with Crippen LogP contribution >= 0.6 is 23.6 Å². The van der Waals surface area contributed by atoms with Gasteiger partial charge in [-0.2, -0.15) is 0 Å². The zero-order chi connectivity index (χ0) is 13.9. The molecule has 2 N–H and O–H groups in total. The first kappa shape index (κ1) is 13.7.